The zero-order valence-electron chi connectivity index (χ0n) is 13.6. The summed E-state index contributed by atoms with van der Waals surface area (Å²) in [5.74, 6) is 1.95. The summed E-state index contributed by atoms with van der Waals surface area (Å²) in [7, 11) is 0. The van der Waals surface area contributed by atoms with E-state index in [-0.39, 0.29) is 5.95 Å². The van der Waals surface area contributed by atoms with Crippen molar-refractivity contribution in [1.29, 1.82) is 0 Å². The van der Waals surface area contributed by atoms with Gasteiger partial charge in [0.2, 0.25) is 5.95 Å². The van der Waals surface area contributed by atoms with Gasteiger partial charge < -0.3 is 11.5 Å². The quantitative estimate of drug-likeness (QED) is 0.819. The van der Waals surface area contributed by atoms with E-state index in [9.17, 15) is 0 Å². The highest BCUT2D eigenvalue weighted by atomic mass is 15.2. The molecule has 2 aromatic rings. The Hall–Kier alpha value is -2.78. The van der Waals surface area contributed by atoms with Gasteiger partial charge in [0.05, 0.1) is 11.8 Å². The van der Waals surface area contributed by atoms with Gasteiger partial charge >= 0.3 is 0 Å². The molecule has 0 radical (unpaired) electrons. The molecule has 5 heteroatoms. The molecule has 2 aliphatic rings. The molecule has 0 unspecified atom stereocenters. The highest BCUT2D eigenvalue weighted by Gasteiger charge is 2.20. The van der Waals surface area contributed by atoms with Crippen molar-refractivity contribution in [3.8, 4) is 0 Å². The van der Waals surface area contributed by atoms with Crippen molar-refractivity contribution < 1.29 is 0 Å². The lowest BCUT2D eigenvalue weighted by atomic mass is 9.84. The second-order valence-electron chi connectivity index (χ2n) is 6.44. The average molecular weight is 319 g/mol. The fraction of sp³-hybridized carbons (Fsp3) is 0.316. The standard InChI is InChI=1S/C19H21N5/c20-17-16-7-4-12-24(18(16)23-19(21)22-17)15-10-8-14(9-11-15)13-5-2-1-3-6-13/h7-13H,1-3,5-6H2,(H4,20,21,22,23). The van der Waals surface area contributed by atoms with Crippen LogP contribution in [-0.4, -0.2) is 9.97 Å². The van der Waals surface area contributed by atoms with Crippen molar-refractivity contribution >= 4 is 29.3 Å². The Labute approximate surface area is 141 Å². The van der Waals surface area contributed by atoms with Gasteiger partial charge in [-0.05, 0) is 42.5 Å². The molecule has 0 spiro atoms. The second kappa shape index (κ2) is 6.02. The monoisotopic (exact) mass is 319 g/mol. The molecule has 1 aromatic heterocycles. The first-order valence-electron chi connectivity index (χ1n) is 8.47. The van der Waals surface area contributed by atoms with Crippen molar-refractivity contribution in [3.05, 3.63) is 47.3 Å². The molecule has 0 atom stereocenters. The maximum Gasteiger partial charge on any atom is 0.224 e. The maximum absolute atomic E-state index is 5.96. The van der Waals surface area contributed by atoms with Crippen LogP contribution in [0.1, 0.15) is 49.1 Å². The molecule has 5 nitrogen and oxygen atoms in total. The number of anilines is 4. The molecule has 0 bridgehead atoms. The van der Waals surface area contributed by atoms with Crippen LogP contribution in [0.25, 0.3) is 6.08 Å². The topological polar surface area (TPSA) is 81.1 Å². The van der Waals surface area contributed by atoms with Crippen molar-refractivity contribution in [2.75, 3.05) is 16.4 Å². The number of hydrogen-bond acceptors (Lipinski definition) is 5. The Kier molecular flexibility index (Phi) is 3.71. The molecule has 1 aromatic carbocycles. The Morgan fingerprint density at radius 3 is 2.50 bits per heavy atom. The molecule has 1 fully saturated rings. The lowest BCUT2D eigenvalue weighted by Crippen LogP contribution is -2.16. The minimum atomic E-state index is 0.179. The van der Waals surface area contributed by atoms with E-state index in [0.29, 0.717) is 17.6 Å². The van der Waals surface area contributed by atoms with E-state index in [1.54, 1.807) is 6.08 Å². The minimum absolute atomic E-state index is 0.179. The number of nitrogens with two attached hydrogens (primary N) is 2. The lowest BCUT2D eigenvalue weighted by Gasteiger charge is -2.25. The number of nitrogen functional groups attached to an aromatic ring is 2. The van der Waals surface area contributed by atoms with Gasteiger partial charge in [-0.3, -0.25) is 4.90 Å². The molecule has 24 heavy (non-hydrogen) atoms. The summed E-state index contributed by atoms with van der Waals surface area (Å²) in [6.07, 6.45) is 10.3. The third kappa shape index (κ3) is 2.63. The smallest absolute Gasteiger partial charge is 0.224 e. The summed E-state index contributed by atoms with van der Waals surface area (Å²) < 4.78 is 0. The van der Waals surface area contributed by atoms with Gasteiger partial charge in [0.15, 0.2) is 5.82 Å². The summed E-state index contributed by atoms with van der Waals surface area (Å²) in [5, 5.41) is 0. The van der Waals surface area contributed by atoms with E-state index < -0.39 is 0 Å². The fourth-order valence-electron chi connectivity index (χ4n) is 3.61. The van der Waals surface area contributed by atoms with Gasteiger partial charge in [-0.25, -0.2) is 0 Å². The molecule has 4 N–H and O–H groups in total. The Morgan fingerprint density at radius 2 is 1.75 bits per heavy atom. The summed E-state index contributed by atoms with van der Waals surface area (Å²) in [4.78, 5) is 10.3. The zero-order valence-corrected chi connectivity index (χ0v) is 13.6. The number of hydrogen-bond donors (Lipinski definition) is 2. The largest absolute Gasteiger partial charge is 0.383 e. The molecule has 2 heterocycles. The van der Waals surface area contributed by atoms with Gasteiger partial charge in [-0.2, -0.15) is 9.97 Å². The molecular formula is C19H21N5. The van der Waals surface area contributed by atoms with Crippen LogP contribution in [0.5, 0.6) is 0 Å². The summed E-state index contributed by atoms with van der Waals surface area (Å²) in [5.41, 5.74) is 18.0. The molecule has 122 valence electrons. The number of benzene rings is 1. The number of rotatable bonds is 2. The third-order valence-electron chi connectivity index (χ3n) is 4.88. The first kappa shape index (κ1) is 14.8. The highest BCUT2D eigenvalue weighted by Crippen LogP contribution is 2.36. The number of fused-ring (bicyclic) bond motifs is 1. The van der Waals surface area contributed by atoms with Crippen molar-refractivity contribution in [2.24, 2.45) is 0 Å². The van der Waals surface area contributed by atoms with Crippen molar-refractivity contribution in [1.82, 2.24) is 9.97 Å². The molecule has 1 aliphatic heterocycles. The lowest BCUT2D eigenvalue weighted by molar-refractivity contribution is 0.443. The number of nitrogens with zero attached hydrogens (tertiary/aromatic N) is 3. The molecule has 4 rings (SSSR count). The van der Waals surface area contributed by atoms with Gasteiger partial charge in [0.1, 0.15) is 5.82 Å². The van der Waals surface area contributed by atoms with Gasteiger partial charge in [0, 0.05) is 5.69 Å². The third-order valence-corrected chi connectivity index (χ3v) is 4.88. The van der Waals surface area contributed by atoms with Crippen molar-refractivity contribution in [3.63, 3.8) is 0 Å². The van der Waals surface area contributed by atoms with Crippen LogP contribution in [0, 0.1) is 0 Å². The Balaban J connectivity index is 1.67. The Morgan fingerprint density at radius 1 is 1.00 bits per heavy atom. The van der Waals surface area contributed by atoms with Crippen LogP contribution in [0.15, 0.2) is 36.2 Å². The summed E-state index contributed by atoms with van der Waals surface area (Å²) >= 11 is 0. The summed E-state index contributed by atoms with van der Waals surface area (Å²) in [6.45, 7) is 0. The van der Waals surface area contributed by atoms with Gasteiger partial charge in [-0.1, -0.05) is 31.4 Å². The van der Waals surface area contributed by atoms with Crippen LogP contribution in [0.2, 0.25) is 0 Å². The van der Waals surface area contributed by atoms with Crippen LogP contribution < -0.4 is 16.4 Å². The molecular weight excluding hydrogens is 298 g/mol. The van der Waals surface area contributed by atoms with E-state index in [1.165, 1.54) is 37.7 Å². The molecule has 0 saturated heterocycles. The second-order valence-corrected chi connectivity index (χ2v) is 6.44. The first-order valence-corrected chi connectivity index (χ1v) is 8.47. The average Bonchev–Trinajstić information content (AvgIpc) is 2.62. The van der Waals surface area contributed by atoms with E-state index in [2.05, 4.69) is 40.0 Å². The van der Waals surface area contributed by atoms with Gasteiger partial charge in [0.25, 0.3) is 0 Å². The Bertz CT molecular complexity index is 812. The van der Waals surface area contributed by atoms with Crippen molar-refractivity contribution in [2.45, 2.75) is 38.0 Å². The highest BCUT2D eigenvalue weighted by molar-refractivity contribution is 5.81. The van der Waals surface area contributed by atoms with E-state index in [0.717, 1.165) is 11.3 Å². The van der Waals surface area contributed by atoms with E-state index in [1.807, 2.05) is 11.1 Å². The van der Waals surface area contributed by atoms with Gasteiger partial charge in [-0.15, -0.1) is 5.73 Å². The van der Waals surface area contributed by atoms with Crippen LogP contribution in [0.3, 0.4) is 0 Å². The maximum atomic E-state index is 5.96. The van der Waals surface area contributed by atoms with Crippen LogP contribution in [0.4, 0.5) is 23.3 Å². The molecule has 1 saturated carbocycles. The summed E-state index contributed by atoms with van der Waals surface area (Å²) in [6, 6.07) is 8.72. The number of aromatic nitrogens is 2. The zero-order chi connectivity index (χ0) is 16.5. The van der Waals surface area contributed by atoms with E-state index >= 15 is 0 Å². The normalized spacial score (nSPS) is 17.1. The van der Waals surface area contributed by atoms with Crippen LogP contribution in [-0.2, 0) is 0 Å². The molecule has 1 aliphatic carbocycles. The minimum Gasteiger partial charge on any atom is -0.383 e. The fourth-order valence-corrected chi connectivity index (χ4v) is 3.61. The SMILES string of the molecule is Nc1nc(N)c2c(n1)N(c1ccc(C3CCCCC3)cc1)C=C=C2. The van der Waals surface area contributed by atoms with E-state index in [4.69, 9.17) is 11.5 Å². The first-order chi connectivity index (χ1) is 11.7. The molecule has 0 amide bonds. The predicted molar refractivity (Wildman–Crippen MR) is 97.8 cm³/mol. The van der Waals surface area contributed by atoms with Crippen LogP contribution >= 0.6 is 0 Å². The predicted octanol–water partition coefficient (Wildman–Crippen LogP) is 3.97.